The van der Waals surface area contributed by atoms with Crippen LogP contribution in [0.1, 0.15) is 11.5 Å². The summed E-state index contributed by atoms with van der Waals surface area (Å²) in [6.45, 7) is 4.48. The zero-order chi connectivity index (χ0) is 18.1. The van der Waals surface area contributed by atoms with Crippen LogP contribution < -0.4 is 10.2 Å². The summed E-state index contributed by atoms with van der Waals surface area (Å²) in [5, 5.41) is 7.61. The number of halogens is 3. The first-order valence-corrected chi connectivity index (χ1v) is 9.10. The van der Waals surface area contributed by atoms with Gasteiger partial charge in [0.25, 0.3) is 0 Å². The maximum absolute atomic E-state index is 13.1. The molecule has 154 valence electrons. The topological polar surface area (TPSA) is 53.4 Å². The van der Waals surface area contributed by atoms with Gasteiger partial charge in [-0.2, -0.15) is 5.10 Å². The molecule has 3 heterocycles. The van der Waals surface area contributed by atoms with Crippen LogP contribution in [-0.2, 0) is 11.8 Å². The summed E-state index contributed by atoms with van der Waals surface area (Å²) in [5.41, 5.74) is 2.13. The van der Waals surface area contributed by atoms with E-state index in [0.29, 0.717) is 13.1 Å². The zero-order valence-corrected chi connectivity index (χ0v) is 17.4. The Morgan fingerprint density at radius 3 is 2.39 bits per heavy atom. The molecule has 0 radical (unpaired) electrons. The van der Waals surface area contributed by atoms with E-state index in [-0.39, 0.29) is 48.4 Å². The summed E-state index contributed by atoms with van der Waals surface area (Å²) < 4.78 is 14.9. The summed E-state index contributed by atoms with van der Waals surface area (Å²) in [6.07, 6.45) is 3.87. The Bertz CT molecular complexity index is 777. The minimum atomic E-state index is -0.224. The monoisotopic (exact) mass is 429 g/mol. The lowest BCUT2D eigenvalue weighted by atomic mass is 9.89. The molecule has 2 aromatic rings. The highest BCUT2D eigenvalue weighted by atomic mass is 35.5. The molecule has 0 aliphatic carbocycles. The third-order valence-electron chi connectivity index (χ3n) is 5.47. The molecule has 2 aliphatic heterocycles. The number of benzene rings is 1. The average Bonchev–Trinajstić information content (AvgIpc) is 3.30. The normalized spacial score (nSPS) is 21.8. The molecule has 0 bridgehead atoms. The molecule has 2 saturated heterocycles. The highest BCUT2D eigenvalue weighted by Gasteiger charge is 2.37. The maximum Gasteiger partial charge on any atom is 0.227 e. The van der Waals surface area contributed by atoms with Gasteiger partial charge in [-0.1, -0.05) is 0 Å². The highest BCUT2D eigenvalue weighted by Crippen LogP contribution is 2.30. The number of carbonyl (C=O) groups excluding carboxylic acids is 1. The van der Waals surface area contributed by atoms with Crippen LogP contribution in [0.3, 0.4) is 0 Å². The van der Waals surface area contributed by atoms with Gasteiger partial charge < -0.3 is 15.1 Å². The van der Waals surface area contributed by atoms with E-state index in [0.717, 1.165) is 37.4 Å². The van der Waals surface area contributed by atoms with Gasteiger partial charge in [-0.25, -0.2) is 4.39 Å². The molecule has 1 amide bonds. The van der Waals surface area contributed by atoms with Crippen molar-refractivity contribution in [3.63, 3.8) is 0 Å². The maximum atomic E-state index is 13.1. The van der Waals surface area contributed by atoms with E-state index in [1.165, 1.54) is 12.1 Å². The second kappa shape index (κ2) is 9.58. The largest absolute Gasteiger partial charge is 0.368 e. The van der Waals surface area contributed by atoms with Gasteiger partial charge in [-0.05, 0) is 29.8 Å². The van der Waals surface area contributed by atoms with E-state index in [1.807, 2.05) is 24.3 Å². The van der Waals surface area contributed by atoms with Crippen molar-refractivity contribution in [1.29, 1.82) is 0 Å². The van der Waals surface area contributed by atoms with Gasteiger partial charge >= 0.3 is 0 Å². The first-order valence-electron chi connectivity index (χ1n) is 9.10. The molecule has 0 spiro atoms. The summed E-state index contributed by atoms with van der Waals surface area (Å²) in [7, 11) is 1.90. The summed E-state index contributed by atoms with van der Waals surface area (Å²) in [6, 6.07) is 6.56. The molecule has 1 N–H and O–H groups in total. The molecule has 2 fully saturated rings. The van der Waals surface area contributed by atoms with E-state index >= 15 is 0 Å². The van der Waals surface area contributed by atoms with Gasteiger partial charge in [0.1, 0.15) is 5.82 Å². The molecule has 0 saturated carbocycles. The molecule has 1 aromatic carbocycles. The number of hydrogen-bond donors (Lipinski definition) is 1. The smallest absolute Gasteiger partial charge is 0.227 e. The highest BCUT2D eigenvalue weighted by molar-refractivity contribution is 5.85. The summed E-state index contributed by atoms with van der Waals surface area (Å²) in [4.78, 5) is 17.2. The number of nitrogens with zero attached hydrogens (tertiary/aromatic N) is 4. The lowest BCUT2D eigenvalue weighted by Crippen LogP contribution is -2.51. The van der Waals surface area contributed by atoms with E-state index < -0.39 is 0 Å². The van der Waals surface area contributed by atoms with Crippen LogP contribution >= 0.6 is 24.8 Å². The molecular formula is C19H26Cl2FN5O. The van der Waals surface area contributed by atoms with E-state index in [1.54, 1.807) is 16.8 Å². The number of hydrogen-bond acceptors (Lipinski definition) is 4. The number of nitrogens with one attached hydrogen (secondary N) is 1. The number of piperazine rings is 1. The quantitative estimate of drug-likeness (QED) is 0.810. The second-order valence-corrected chi connectivity index (χ2v) is 7.11. The number of anilines is 1. The minimum absolute atomic E-state index is 0. The van der Waals surface area contributed by atoms with Crippen molar-refractivity contribution >= 4 is 36.4 Å². The minimum Gasteiger partial charge on any atom is -0.368 e. The summed E-state index contributed by atoms with van der Waals surface area (Å²) in [5.74, 6) is 0.156. The van der Waals surface area contributed by atoms with E-state index in [4.69, 9.17) is 0 Å². The van der Waals surface area contributed by atoms with Crippen molar-refractivity contribution in [2.75, 3.05) is 44.2 Å². The predicted molar refractivity (Wildman–Crippen MR) is 112 cm³/mol. The fourth-order valence-electron chi connectivity index (χ4n) is 3.99. The van der Waals surface area contributed by atoms with E-state index in [9.17, 15) is 9.18 Å². The molecule has 4 rings (SSSR count). The Kier molecular flexibility index (Phi) is 7.69. The zero-order valence-electron chi connectivity index (χ0n) is 15.8. The van der Waals surface area contributed by atoms with Crippen LogP contribution in [0, 0.1) is 11.7 Å². The molecule has 1 aromatic heterocycles. The van der Waals surface area contributed by atoms with Gasteiger partial charge in [0.05, 0.1) is 12.1 Å². The standard InChI is InChI=1S/C19H24FN5O.2ClH/c1-23-13-14(10-22-23)17-11-21-12-18(17)19(26)25-8-6-24(7-9-25)16-4-2-15(20)3-5-16;;/h2-5,10,13,17-18,21H,6-9,11-12H2,1H3;2*1H/t17-,18+;;/m1../s1. The number of aryl methyl sites for hydroxylation is 1. The molecule has 28 heavy (non-hydrogen) atoms. The molecule has 6 nitrogen and oxygen atoms in total. The van der Waals surface area contributed by atoms with Crippen molar-refractivity contribution < 1.29 is 9.18 Å². The number of aromatic nitrogens is 2. The molecule has 9 heteroatoms. The number of amides is 1. The van der Waals surface area contributed by atoms with Crippen molar-refractivity contribution in [2.24, 2.45) is 13.0 Å². The predicted octanol–water partition coefficient (Wildman–Crippen LogP) is 2.05. The lowest BCUT2D eigenvalue weighted by Gasteiger charge is -2.37. The number of carbonyl (C=O) groups is 1. The SMILES string of the molecule is Cl.Cl.Cn1cc([C@H]2CNC[C@@H]2C(=O)N2CCN(c3ccc(F)cc3)CC2)cn1. The van der Waals surface area contributed by atoms with Crippen LogP contribution in [0.4, 0.5) is 10.1 Å². The fourth-order valence-corrected chi connectivity index (χ4v) is 3.99. The molecule has 2 aliphatic rings. The Labute approximate surface area is 176 Å². The van der Waals surface area contributed by atoms with Crippen molar-refractivity contribution in [3.05, 3.63) is 48.0 Å². The Hall–Kier alpha value is -1.83. The van der Waals surface area contributed by atoms with Gasteiger partial charge in [0.15, 0.2) is 0 Å². The number of rotatable bonds is 3. The third kappa shape index (κ3) is 4.59. The third-order valence-corrected chi connectivity index (χ3v) is 5.47. The van der Waals surface area contributed by atoms with Crippen LogP contribution in [0.5, 0.6) is 0 Å². The van der Waals surface area contributed by atoms with Crippen molar-refractivity contribution in [1.82, 2.24) is 20.0 Å². The van der Waals surface area contributed by atoms with Gasteiger partial charge in [0.2, 0.25) is 5.91 Å². The molecule has 0 unspecified atom stereocenters. The first-order chi connectivity index (χ1) is 12.6. The van der Waals surface area contributed by atoms with Crippen LogP contribution in [0.2, 0.25) is 0 Å². The van der Waals surface area contributed by atoms with Crippen LogP contribution in [0.25, 0.3) is 0 Å². The Morgan fingerprint density at radius 2 is 1.79 bits per heavy atom. The van der Waals surface area contributed by atoms with Crippen molar-refractivity contribution in [2.45, 2.75) is 5.92 Å². The van der Waals surface area contributed by atoms with Crippen LogP contribution in [-0.4, -0.2) is 59.9 Å². The lowest BCUT2D eigenvalue weighted by molar-refractivity contribution is -0.135. The van der Waals surface area contributed by atoms with Gasteiger partial charge in [0, 0.05) is 64.1 Å². The van der Waals surface area contributed by atoms with Gasteiger partial charge in [-0.15, -0.1) is 24.8 Å². The van der Waals surface area contributed by atoms with Crippen LogP contribution in [0.15, 0.2) is 36.7 Å². The van der Waals surface area contributed by atoms with Gasteiger partial charge in [-0.3, -0.25) is 9.48 Å². The molecular weight excluding hydrogens is 404 g/mol. The van der Waals surface area contributed by atoms with Crippen molar-refractivity contribution in [3.8, 4) is 0 Å². The molecule has 2 atom stereocenters. The fraction of sp³-hybridized carbons (Fsp3) is 0.474. The summed E-state index contributed by atoms with van der Waals surface area (Å²) >= 11 is 0. The second-order valence-electron chi connectivity index (χ2n) is 7.11. The first kappa shape index (κ1) is 22.5. The Balaban J connectivity index is 0.00000140. The Morgan fingerprint density at radius 1 is 1.11 bits per heavy atom. The van der Waals surface area contributed by atoms with E-state index in [2.05, 4.69) is 15.3 Å². The average molecular weight is 430 g/mol.